The first-order valence-corrected chi connectivity index (χ1v) is 8.36. The minimum absolute atomic E-state index is 0.0445. The van der Waals surface area contributed by atoms with Crippen molar-refractivity contribution in [3.63, 3.8) is 0 Å². The van der Waals surface area contributed by atoms with Gasteiger partial charge in [-0.05, 0) is 32.9 Å². The average molecular weight is 400 g/mol. The Labute approximate surface area is 161 Å². The van der Waals surface area contributed by atoms with E-state index in [4.69, 9.17) is 26.6 Å². The highest BCUT2D eigenvalue weighted by Crippen LogP contribution is 2.33. The lowest BCUT2D eigenvalue weighted by Gasteiger charge is -2.24. The van der Waals surface area contributed by atoms with Gasteiger partial charge in [-0.1, -0.05) is 11.6 Å². The van der Waals surface area contributed by atoms with Crippen molar-refractivity contribution in [3.05, 3.63) is 28.3 Å². The van der Waals surface area contributed by atoms with Crippen molar-refractivity contribution in [2.24, 2.45) is 0 Å². The maximum atomic E-state index is 12.0. The quantitative estimate of drug-likeness (QED) is 0.575. The van der Waals surface area contributed by atoms with Crippen LogP contribution in [-0.4, -0.2) is 57.7 Å². The zero-order chi connectivity index (χ0) is 20.8. The molecule has 0 spiro atoms. The van der Waals surface area contributed by atoms with Gasteiger partial charge < -0.3 is 25.0 Å². The van der Waals surface area contributed by atoms with Crippen molar-refractivity contribution in [2.75, 3.05) is 25.0 Å². The van der Waals surface area contributed by atoms with Gasteiger partial charge in [-0.2, -0.15) is 5.26 Å². The van der Waals surface area contributed by atoms with E-state index in [1.165, 1.54) is 12.1 Å². The molecule has 0 saturated carbocycles. The van der Waals surface area contributed by atoms with Gasteiger partial charge in [0, 0.05) is 12.1 Å². The van der Waals surface area contributed by atoms with E-state index in [9.17, 15) is 20.0 Å². The van der Waals surface area contributed by atoms with E-state index in [1.54, 1.807) is 20.8 Å². The van der Waals surface area contributed by atoms with Crippen molar-refractivity contribution in [3.8, 4) is 6.07 Å². The van der Waals surface area contributed by atoms with Gasteiger partial charge in [-0.3, -0.25) is 5.32 Å². The van der Waals surface area contributed by atoms with Crippen LogP contribution in [0.5, 0.6) is 0 Å². The molecule has 9 nitrogen and oxygen atoms in total. The molecule has 1 aromatic carbocycles. The summed E-state index contributed by atoms with van der Waals surface area (Å²) in [7, 11) is 0. The zero-order valence-corrected chi connectivity index (χ0v) is 15.9. The molecular formula is C17H22ClN3O6. The van der Waals surface area contributed by atoms with E-state index in [0.717, 1.165) is 4.90 Å². The van der Waals surface area contributed by atoms with Crippen LogP contribution in [0.2, 0.25) is 5.02 Å². The summed E-state index contributed by atoms with van der Waals surface area (Å²) in [6.45, 7) is 4.03. The van der Waals surface area contributed by atoms with Crippen LogP contribution in [0, 0.1) is 11.3 Å². The van der Waals surface area contributed by atoms with Crippen molar-refractivity contribution in [1.82, 2.24) is 4.90 Å². The number of nitriles is 1. The molecule has 0 aliphatic rings. The zero-order valence-electron chi connectivity index (χ0n) is 15.2. The second kappa shape index (κ2) is 9.41. The fraction of sp³-hybridized carbons (Fsp3) is 0.471. The largest absolute Gasteiger partial charge is 0.465 e. The molecule has 2 amide bonds. The Hall–Kier alpha value is -2.54. The minimum atomic E-state index is -1.38. The van der Waals surface area contributed by atoms with Crippen molar-refractivity contribution in [1.29, 1.82) is 5.26 Å². The predicted octanol–water partition coefficient (Wildman–Crippen LogP) is 2.56. The summed E-state index contributed by atoms with van der Waals surface area (Å²) in [5, 5.41) is 39.9. The molecule has 148 valence electrons. The number of halogens is 1. The fourth-order valence-electron chi connectivity index (χ4n) is 2.15. The third-order valence-corrected chi connectivity index (χ3v) is 3.68. The van der Waals surface area contributed by atoms with Crippen LogP contribution in [0.15, 0.2) is 12.1 Å². The van der Waals surface area contributed by atoms with E-state index in [2.05, 4.69) is 5.32 Å². The van der Waals surface area contributed by atoms with E-state index in [0.29, 0.717) is 0 Å². The lowest BCUT2D eigenvalue weighted by atomic mass is 10.0. The van der Waals surface area contributed by atoms with Crippen LogP contribution in [-0.2, 0) is 4.74 Å². The summed E-state index contributed by atoms with van der Waals surface area (Å²) >= 11 is 6.23. The molecule has 1 unspecified atom stereocenters. The molecular weight excluding hydrogens is 378 g/mol. The Balaban J connectivity index is 3.15. The first kappa shape index (κ1) is 22.5. The Kier molecular flexibility index (Phi) is 7.84. The molecule has 0 fully saturated rings. The molecule has 0 saturated heterocycles. The van der Waals surface area contributed by atoms with Gasteiger partial charge in [-0.15, -0.1) is 0 Å². The SMILES string of the molecule is CC(C)(C)OC(=O)Nc1cc(C#N)cc(C(O)CN(CCO)C(=O)O)c1Cl. The van der Waals surface area contributed by atoms with Crippen LogP contribution in [0.4, 0.5) is 15.3 Å². The molecule has 27 heavy (non-hydrogen) atoms. The number of amides is 2. The molecule has 0 radical (unpaired) electrons. The molecule has 4 N–H and O–H groups in total. The highest BCUT2D eigenvalue weighted by Gasteiger charge is 2.23. The van der Waals surface area contributed by atoms with Crippen LogP contribution in [0.3, 0.4) is 0 Å². The van der Waals surface area contributed by atoms with Crippen LogP contribution in [0.25, 0.3) is 0 Å². The van der Waals surface area contributed by atoms with Crippen LogP contribution < -0.4 is 5.32 Å². The standard InChI is InChI=1S/C17H22ClN3O6/c1-17(2,3)27-15(24)20-12-7-10(8-19)6-11(14(12)18)13(23)9-21(4-5-22)16(25)26/h6-7,13,22-23H,4-5,9H2,1-3H3,(H,20,24)(H,25,26). The molecule has 0 aliphatic heterocycles. The van der Waals surface area contributed by atoms with E-state index in [1.807, 2.05) is 6.07 Å². The number of aliphatic hydroxyl groups is 2. The summed E-state index contributed by atoms with van der Waals surface area (Å²) in [6.07, 6.45) is -3.51. The number of ether oxygens (including phenoxy) is 1. The van der Waals surface area contributed by atoms with Gasteiger partial charge in [0.05, 0.1) is 41.6 Å². The molecule has 1 atom stereocenters. The summed E-state index contributed by atoms with van der Waals surface area (Å²) in [5.41, 5.74) is -0.546. The third kappa shape index (κ3) is 6.94. The summed E-state index contributed by atoms with van der Waals surface area (Å²) in [6, 6.07) is 4.49. The van der Waals surface area contributed by atoms with Gasteiger partial charge in [-0.25, -0.2) is 9.59 Å². The second-order valence-corrected chi connectivity index (χ2v) is 7.01. The van der Waals surface area contributed by atoms with Crippen molar-refractivity contribution >= 4 is 29.5 Å². The Bertz CT molecular complexity index is 741. The smallest absolute Gasteiger partial charge is 0.412 e. The van der Waals surface area contributed by atoms with Gasteiger partial charge in [0.2, 0.25) is 0 Å². The topological polar surface area (TPSA) is 143 Å². The van der Waals surface area contributed by atoms with Gasteiger partial charge >= 0.3 is 12.2 Å². The molecule has 1 rings (SSSR count). The molecule has 0 bridgehead atoms. The number of carbonyl (C=O) groups is 2. The molecule has 0 aliphatic carbocycles. The highest BCUT2D eigenvalue weighted by atomic mass is 35.5. The number of carbonyl (C=O) groups excluding carboxylic acids is 1. The number of hydrogen-bond acceptors (Lipinski definition) is 6. The summed E-state index contributed by atoms with van der Waals surface area (Å²) in [5.74, 6) is 0. The average Bonchev–Trinajstić information content (AvgIpc) is 2.54. The number of rotatable bonds is 6. The third-order valence-electron chi connectivity index (χ3n) is 3.26. The lowest BCUT2D eigenvalue weighted by molar-refractivity contribution is 0.0635. The maximum absolute atomic E-state index is 12.0. The molecule has 0 heterocycles. The van der Waals surface area contributed by atoms with Crippen LogP contribution in [0.1, 0.15) is 38.0 Å². The van der Waals surface area contributed by atoms with Crippen molar-refractivity contribution in [2.45, 2.75) is 32.5 Å². The summed E-state index contributed by atoms with van der Waals surface area (Å²) in [4.78, 5) is 23.9. The van der Waals surface area contributed by atoms with Gasteiger partial charge in [0.1, 0.15) is 5.60 Å². The predicted molar refractivity (Wildman–Crippen MR) is 97.7 cm³/mol. The fourth-order valence-corrected chi connectivity index (χ4v) is 2.43. The molecule has 10 heteroatoms. The lowest BCUT2D eigenvalue weighted by Crippen LogP contribution is -2.35. The minimum Gasteiger partial charge on any atom is -0.465 e. The highest BCUT2D eigenvalue weighted by molar-refractivity contribution is 6.34. The number of hydrogen-bond donors (Lipinski definition) is 4. The monoisotopic (exact) mass is 399 g/mol. The number of nitrogens with one attached hydrogen (secondary N) is 1. The Morgan fingerprint density at radius 2 is 2.04 bits per heavy atom. The van der Waals surface area contributed by atoms with E-state index >= 15 is 0 Å². The van der Waals surface area contributed by atoms with Gasteiger partial charge in [0.15, 0.2) is 0 Å². The first-order chi connectivity index (χ1) is 12.5. The normalized spacial score (nSPS) is 12.0. The molecule has 1 aromatic rings. The summed E-state index contributed by atoms with van der Waals surface area (Å²) < 4.78 is 5.13. The van der Waals surface area contributed by atoms with Gasteiger partial charge in [0.25, 0.3) is 0 Å². The second-order valence-electron chi connectivity index (χ2n) is 6.63. The van der Waals surface area contributed by atoms with Crippen LogP contribution >= 0.6 is 11.6 Å². The van der Waals surface area contributed by atoms with Crippen molar-refractivity contribution < 1.29 is 29.6 Å². The van der Waals surface area contributed by atoms with E-state index < -0.39 is 30.5 Å². The number of carboxylic acid groups (broad SMARTS) is 1. The molecule has 0 aromatic heterocycles. The van der Waals surface area contributed by atoms with E-state index in [-0.39, 0.29) is 34.9 Å². The number of nitrogens with zero attached hydrogens (tertiary/aromatic N) is 2. The first-order valence-electron chi connectivity index (χ1n) is 7.98. The number of aliphatic hydroxyl groups excluding tert-OH is 2. The number of benzene rings is 1. The Morgan fingerprint density at radius 3 is 2.52 bits per heavy atom. The maximum Gasteiger partial charge on any atom is 0.412 e. The number of anilines is 1. The Morgan fingerprint density at radius 1 is 1.41 bits per heavy atom.